The summed E-state index contributed by atoms with van der Waals surface area (Å²) >= 11 is 0. The molecule has 2 heterocycles. The van der Waals surface area contributed by atoms with Gasteiger partial charge in [0.25, 0.3) is 0 Å². The van der Waals surface area contributed by atoms with E-state index in [0.717, 1.165) is 6.42 Å². The molecule has 10 heteroatoms. The number of rotatable bonds is 8. The van der Waals surface area contributed by atoms with Gasteiger partial charge in [-0.05, 0) is 24.7 Å². The van der Waals surface area contributed by atoms with E-state index in [1.54, 1.807) is 4.90 Å². The zero-order chi connectivity index (χ0) is 22.4. The summed E-state index contributed by atoms with van der Waals surface area (Å²) in [5.74, 6) is -0.850. The Labute approximate surface area is 177 Å². The van der Waals surface area contributed by atoms with Crippen LogP contribution in [0.1, 0.15) is 33.6 Å². The molecule has 0 radical (unpaired) electrons. The lowest BCUT2D eigenvalue weighted by molar-refractivity contribution is -0.141. The largest absolute Gasteiger partial charge is 0.378 e. The van der Waals surface area contributed by atoms with Gasteiger partial charge < -0.3 is 30.3 Å². The summed E-state index contributed by atoms with van der Waals surface area (Å²) in [6.07, 6.45) is -0.0435. The maximum absolute atomic E-state index is 13.3. The highest BCUT2D eigenvalue weighted by Crippen LogP contribution is 2.21. The van der Waals surface area contributed by atoms with Crippen molar-refractivity contribution in [2.24, 2.45) is 17.6 Å². The van der Waals surface area contributed by atoms with E-state index in [2.05, 4.69) is 26.1 Å². The first-order valence-corrected chi connectivity index (χ1v) is 10.5. The Morgan fingerprint density at radius 3 is 2.40 bits per heavy atom. The van der Waals surface area contributed by atoms with E-state index in [-0.39, 0.29) is 18.4 Å². The molecule has 2 aliphatic rings. The molecule has 2 saturated heterocycles. The highest BCUT2D eigenvalue weighted by molar-refractivity contribution is 5.99. The van der Waals surface area contributed by atoms with Crippen molar-refractivity contribution >= 4 is 23.6 Å². The number of ether oxygens (including phenoxy) is 2. The van der Waals surface area contributed by atoms with Gasteiger partial charge in [-0.15, -0.1) is 0 Å². The normalized spacial score (nSPS) is 23.9. The monoisotopic (exact) mass is 426 g/mol. The fourth-order valence-electron chi connectivity index (χ4n) is 3.58. The predicted octanol–water partition coefficient (Wildman–Crippen LogP) is -0.251. The van der Waals surface area contributed by atoms with E-state index in [1.807, 2.05) is 0 Å². The number of hydrogen-bond acceptors (Lipinski definition) is 6. The van der Waals surface area contributed by atoms with Crippen molar-refractivity contribution in [1.82, 2.24) is 15.1 Å². The van der Waals surface area contributed by atoms with Crippen molar-refractivity contribution < 1.29 is 28.7 Å². The zero-order valence-electron chi connectivity index (χ0n) is 18.3. The number of carbonyl (C=O) groups is 4. The van der Waals surface area contributed by atoms with Crippen molar-refractivity contribution in [1.29, 1.82) is 0 Å². The van der Waals surface area contributed by atoms with E-state index >= 15 is 0 Å². The molecule has 0 aromatic heterocycles. The Kier molecular flexibility index (Phi) is 8.60. The number of nitrogens with zero attached hydrogens (tertiary/aromatic N) is 2. The van der Waals surface area contributed by atoms with Crippen LogP contribution < -0.4 is 11.1 Å². The number of Topliss-reactive ketones (excluding diaryl/α,β-unsaturated/α-hetero) is 1. The molecule has 0 aliphatic carbocycles. The SMILES string of the molecule is CC(C)C(C)CCC(NC(=O)N1CCOCC1)C(=O)N(C)C1C(=O)COC1C(N)=O. The molecule has 0 aromatic rings. The highest BCUT2D eigenvalue weighted by Gasteiger charge is 2.45. The van der Waals surface area contributed by atoms with Gasteiger partial charge in [0.2, 0.25) is 11.8 Å². The fourth-order valence-corrected chi connectivity index (χ4v) is 3.58. The molecule has 0 aromatic carbocycles. The number of nitrogens with one attached hydrogen (secondary N) is 1. The zero-order valence-corrected chi connectivity index (χ0v) is 18.3. The first-order chi connectivity index (χ1) is 14.1. The summed E-state index contributed by atoms with van der Waals surface area (Å²) in [5.41, 5.74) is 5.33. The van der Waals surface area contributed by atoms with Crippen LogP contribution in [0.15, 0.2) is 0 Å². The molecule has 170 valence electrons. The van der Waals surface area contributed by atoms with Gasteiger partial charge >= 0.3 is 6.03 Å². The molecule has 4 atom stereocenters. The molecule has 4 unspecified atom stereocenters. The smallest absolute Gasteiger partial charge is 0.318 e. The van der Waals surface area contributed by atoms with E-state index in [4.69, 9.17) is 15.2 Å². The molecule has 4 amide bonds. The summed E-state index contributed by atoms with van der Waals surface area (Å²) < 4.78 is 10.4. The molecule has 0 spiro atoms. The Morgan fingerprint density at radius 2 is 1.83 bits per heavy atom. The number of carbonyl (C=O) groups excluding carboxylic acids is 4. The number of urea groups is 1. The van der Waals surface area contributed by atoms with Crippen molar-refractivity contribution in [3.63, 3.8) is 0 Å². The first-order valence-electron chi connectivity index (χ1n) is 10.5. The quantitative estimate of drug-likeness (QED) is 0.550. The number of morpholine rings is 1. The van der Waals surface area contributed by atoms with Crippen LogP contribution in [0, 0.1) is 11.8 Å². The molecule has 2 rings (SSSR count). The molecule has 0 bridgehead atoms. The van der Waals surface area contributed by atoms with E-state index in [1.165, 1.54) is 11.9 Å². The van der Waals surface area contributed by atoms with Gasteiger partial charge in [-0.25, -0.2) is 4.79 Å². The van der Waals surface area contributed by atoms with Gasteiger partial charge in [0.1, 0.15) is 18.7 Å². The minimum atomic E-state index is -1.18. The van der Waals surface area contributed by atoms with Gasteiger partial charge in [-0.2, -0.15) is 0 Å². The standard InChI is InChI=1S/C20H34N4O6/c1-12(2)13(3)5-6-14(22-20(28)24-7-9-29-10-8-24)19(27)23(4)16-15(25)11-30-17(16)18(21)26/h12-14,16-17H,5-11H2,1-4H3,(H2,21,26)(H,22,28). The van der Waals surface area contributed by atoms with Gasteiger partial charge in [0, 0.05) is 20.1 Å². The van der Waals surface area contributed by atoms with Crippen LogP contribution in [0.5, 0.6) is 0 Å². The number of amides is 4. The average molecular weight is 427 g/mol. The fraction of sp³-hybridized carbons (Fsp3) is 0.800. The lowest BCUT2D eigenvalue weighted by Crippen LogP contribution is -2.58. The molecule has 0 saturated carbocycles. The summed E-state index contributed by atoms with van der Waals surface area (Å²) in [6.45, 7) is 7.82. The van der Waals surface area contributed by atoms with Gasteiger partial charge in [-0.1, -0.05) is 20.8 Å². The number of primary amides is 1. The Morgan fingerprint density at radius 1 is 1.20 bits per heavy atom. The second-order valence-corrected chi connectivity index (χ2v) is 8.39. The minimum Gasteiger partial charge on any atom is -0.378 e. The lowest BCUT2D eigenvalue weighted by Gasteiger charge is -2.33. The summed E-state index contributed by atoms with van der Waals surface area (Å²) in [7, 11) is 1.44. The Balaban J connectivity index is 2.14. The highest BCUT2D eigenvalue weighted by atomic mass is 16.5. The third-order valence-electron chi connectivity index (χ3n) is 6.01. The van der Waals surface area contributed by atoms with E-state index in [9.17, 15) is 19.2 Å². The maximum Gasteiger partial charge on any atom is 0.318 e. The minimum absolute atomic E-state index is 0.273. The molecule has 2 aliphatic heterocycles. The molecular weight excluding hydrogens is 392 g/mol. The van der Waals surface area contributed by atoms with Crippen molar-refractivity contribution in [2.45, 2.75) is 51.8 Å². The Hall–Kier alpha value is -2.20. The van der Waals surface area contributed by atoms with Crippen LogP contribution in [0.25, 0.3) is 0 Å². The first kappa shape index (κ1) is 24.1. The third kappa shape index (κ3) is 5.91. The van der Waals surface area contributed by atoms with Crippen LogP contribution in [-0.2, 0) is 23.9 Å². The average Bonchev–Trinajstić information content (AvgIpc) is 3.11. The van der Waals surface area contributed by atoms with Crippen LogP contribution in [-0.4, -0.2) is 91.6 Å². The van der Waals surface area contributed by atoms with E-state index in [0.29, 0.717) is 44.6 Å². The van der Waals surface area contributed by atoms with Gasteiger partial charge in [-0.3, -0.25) is 14.4 Å². The van der Waals surface area contributed by atoms with E-state index < -0.39 is 30.0 Å². The van der Waals surface area contributed by atoms with Crippen LogP contribution in [0.3, 0.4) is 0 Å². The number of nitrogens with two attached hydrogens (primary N) is 1. The van der Waals surface area contributed by atoms with Crippen molar-refractivity contribution in [3.05, 3.63) is 0 Å². The van der Waals surface area contributed by atoms with Crippen LogP contribution in [0.4, 0.5) is 4.79 Å². The number of ketones is 1. The molecular formula is C20H34N4O6. The molecule has 2 fully saturated rings. The van der Waals surface area contributed by atoms with Gasteiger partial charge in [0.05, 0.1) is 13.2 Å². The second-order valence-electron chi connectivity index (χ2n) is 8.39. The summed E-state index contributed by atoms with van der Waals surface area (Å²) in [5, 5.41) is 2.82. The van der Waals surface area contributed by atoms with Crippen molar-refractivity contribution in [3.8, 4) is 0 Å². The molecule has 10 nitrogen and oxygen atoms in total. The predicted molar refractivity (Wildman–Crippen MR) is 108 cm³/mol. The van der Waals surface area contributed by atoms with Crippen molar-refractivity contribution in [2.75, 3.05) is 40.0 Å². The molecule has 30 heavy (non-hydrogen) atoms. The Bertz CT molecular complexity index is 649. The van der Waals surface area contributed by atoms with Crippen LogP contribution >= 0.6 is 0 Å². The number of hydrogen-bond donors (Lipinski definition) is 2. The third-order valence-corrected chi connectivity index (χ3v) is 6.01. The lowest BCUT2D eigenvalue weighted by atomic mass is 9.91. The topological polar surface area (TPSA) is 131 Å². The number of likely N-dealkylation sites (N-methyl/N-ethyl adjacent to an activating group) is 1. The maximum atomic E-state index is 13.3. The molecule has 3 N–H and O–H groups in total. The second kappa shape index (κ2) is 10.7. The summed E-state index contributed by atoms with van der Waals surface area (Å²) in [4.78, 5) is 52.6. The summed E-state index contributed by atoms with van der Waals surface area (Å²) in [6, 6.07) is -2.25. The van der Waals surface area contributed by atoms with Crippen LogP contribution in [0.2, 0.25) is 0 Å². The van der Waals surface area contributed by atoms with Gasteiger partial charge in [0.15, 0.2) is 11.9 Å².